The van der Waals surface area contributed by atoms with Gasteiger partial charge in [-0.25, -0.2) is 0 Å². The third kappa shape index (κ3) is 4.24. The number of benzene rings is 1. The summed E-state index contributed by atoms with van der Waals surface area (Å²) in [5, 5.41) is 13.3. The zero-order valence-corrected chi connectivity index (χ0v) is 14.1. The summed E-state index contributed by atoms with van der Waals surface area (Å²) < 4.78 is 0. The number of aromatic amines is 1. The van der Waals surface area contributed by atoms with E-state index in [9.17, 15) is 9.59 Å². The van der Waals surface area contributed by atoms with Crippen molar-refractivity contribution in [1.82, 2.24) is 20.8 Å². The van der Waals surface area contributed by atoms with Crippen LogP contribution in [-0.4, -0.2) is 41.1 Å². The van der Waals surface area contributed by atoms with E-state index < -0.39 is 0 Å². The Morgan fingerprint density at radius 3 is 2.79 bits per heavy atom. The molecule has 2 aromatic rings. The van der Waals surface area contributed by atoms with E-state index in [0.29, 0.717) is 18.2 Å². The summed E-state index contributed by atoms with van der Waals surface area (Å²) in [5.74, 6) is 0.154. The standard InChI is InChI=1S/C16H21N5O2.ClH/c17-9-13(10-5-6-10)19-14(22)7-8-18-16(23)15-11-3-1-2-4-12(11)20-21-15;/h1-4,10,13H,5-9,17H2,(H,18,23)(H,19,22)(H,20,21);1H. The lowest BCUT2D eigenvalue weighted by Crippen LogP contribution is -2.42. The van der Waals surface area contributed by atoms with Crippen molar-refractivity contribution in [2.75, 3.05) is 13.1 Å². The molecule has 0 radical (unpaired) electrons. The van der Waals surface area contributed by atoms with Crippen molar-refractivity contribution >= 4 is 35.1 Å². The van der Waals surface area contributed by atoms with Crippen molar-refractivity contribution in [3.8, 4) is 0 Å². The van der Waals surface area contributed by atoms with Crippen LogP contribution < -0.4 is 16.4 Å². The molecule has 0 saturated heterocycles. The Kier molecular flexibility index (Phi) is 6.16. The number of H-pyrrole nitrogens is 1. The topological polar surface area (TPSA) is 113 Å². The number of fused-ring (bicyclic) bond motifs is 1. The Bertz CT molecular complexity index is 713. The molecule has 1 heterocycles. The number of nitrogens with one attached hydrogen (secondary N) is 3. The van der Waals surface area contributed by atoms with Gasteiger partial charge in [-0.2, -0.15) is 5.10 Å². The zero-order chi connectivity index (χ0) is 16.2. The first-order valence-corrected chi connectivity index (χ1v) is 7.89. The fraction of sp³-hybridized carbons (Fsp3) is 0.438. The van der Waals surface area contributed by atoms with Crippen molar-refractivity contribution in [1.29, 1.82) is 0 Å². The lowest BCUT2D eigenvalue weighted by Gasteiger charge is -2.15. The second-order valence-electron chi connectivity index (χ2n) is 5.87. The number of halogens is 1. The largest absolute Gasteiger partial charge is 0.352 e. The molecule has 130 valence electrons. The maximum atomic E-state index is 12.2. The number of hydrogen-bond acceptors (Lipinski definition) is 4. The van der Waals surface area contributed by atoms with E-state index in [1.54, 1.807) is 0 Å². The highest BCUT2D eigenvalue weighted by Crippen LogP contribution is 2.32. The third-order valence-corrected chi connectivity index (χ3v) is 4.11. The first-order valence-electron chi connectivity index (χ1n) is 7.89. The van der Waals surface area contributed by atoms with Gasteiger partial charge in [-0.15, -0.1) is 12.4 Å². The highest BCUT2D eigenvalue weighted by molar-refractivity contribution is 6.04. The molecular formula is C16H22ClN5O2. The maximum Gasteiger partial charge on any atom is 0.272 e. The van der Waals surface area contributed by atoms with Crippen LogP contribution in [0.2, 0.25) is 0 Å². The number of amides is 2. The number of carbonyl (C=O) groups is 2. The molecule has 0 aliphatic heterocycles. The summed E-state index contributed by atoms with van der Waals surface area (Å²) >= 11 is 0. The van der Waals surface area contributed by atoms with E-state index in [4.69, 9.17) is 5.73 Å². The molecule has 2 amide bonds. The fourth-order valence-electron chi connectivity index (χ4n) is 2.66. The summed E-state index contributed by atoms with van der Waals surface area (Å²) in [6, 6.07) is 7.49. The van der Waals surface area contributed by atoms with E-state index in [1.165, 1.54) is 0 Å². The monoisotopic (exact) mass is 351 g/mol. The summed E-state index contributed by atoms with van der Waals surface area (Å²) in [5.41, 5.74) is 6.82. The highest BCUT2D eigenvalue weighted by atomic mass is 35.5. The Labute approximate surface area is 146 Å². The molecule has 1 aliphatic carbocycles. The third-order valence-electron chi connectivity index (χ3n) is 4.11. The first kappa shape index (κ1) is 18.2. The quantitative estimate of drug-likeness (QED) is 0.595. The van der Waals surface area contributed by atoms with E-state index in [-0.39, 0.29) is 43.2 Å². The van der Waals surface area contributed by atoms with Crippen LogP contribution in [-0.2, 0) is 4.79 Å². The SMILES string of the molecule is Cl.NCC(NC(=O)CCNC(=O)c1n[nH]c2ccccc12)C1CC1. The molecule has 0 bridgehead atoms. The van der Waals surface area contributed by atoms with Crippen LogP contribution in [0.15, 0.2) is 24.3 Å². The summed E-state index contributed by atoms with van der Waals surface area (Å²) in [6.45, 7) is 0.732. The van der Waals surface area contributed by atoms with Crippen LogP contribution in [0.3, 0.4) is 0 Å². The predicted octanol–water partition coefficient (Wildman–Crippen LogP) is 0.958. The molecule has 1 saturated carbocycles. The van der Waals surface area contributed by atoms with Gasteiger partial charge in [-0.05, 0) is 24.8 Å². The van der Waals surface area contributed by atoms with E-state index >= 15 is 0 Å². The van der Waals surface area contributed by atoms with Crippen molar-refractivity contribution in [3.05, 3.63) is 30.0 Å². The Morgan fingerprint density at radius 1 is 1.33 bits per heavy atom. The summed E-state index contributed by atoms with van der Waals surface area (Å²) in [6.07, 6.45) is 2.49. The van der Waals surface area contributed by atoms with Crippen LogP contribution in [0.5, 0.6) is 0 Å². The van der Waals surface area contributed by atoms with Crippen LogP contribution in [0, 0.1) is 5.92 Å². The molecule has 8 heteroatoms. The molecule has 0 spiro atoms. The molecular weight excluding hydrogens is 330 g/mol. The number of nitrogens with zero attached hydrogens (tertiary/aromatic N) is 1. The minimum Gasteiger partial charge on any atom is -0.352 e. The van der Waals surface area contributed by atoms with Crippen LogP contribution in [0.4, 0.5) is 0 Å². The highest BCUT2D eigenvalue weighted by Gasteiger charge is 2.31. The van der Waals surface area contributed by atoms with E-state index in [0.717, 1.165) is 23.7 Å². The molecule has 1 unspecified atom stereocenters. The Balaban J connectivity index is 0.00000208. The van der Waals surface area contributed by atoms with Gasteiger partial charge in [0.1, 0.15) is 0 Å². The van der Waals surface area contributed by atoms with Gasteiger partial charge in [0.25, 0.3) is 5.91 Å². The molecule has 1 atom stereocenters. The average molecular weight is 352 g/mol. The van der Waals surface area contributed by atoms with Crippen molar-refractivity contribution < 1.29 is 9.59 Å². The normalized spacial score (nSPS) is 14.7. The minimum atomic E-state index is -0.284. The summed E-state index contributed by atoms with van der Waals surface area (Å²) in [7, 11) is 0. The van der Waals surface area contributed by atoms with Crippen molar-refractivity contribution in [2.45, 2.75) is 25.3 Å². The molecule has 7 nitrogen and oxygen atoms in total. The smallest absolute Gasteiger partial charge is 0.272 e. The van der Waals surface area contributed by atoms with Gasteiger partial charge >= 0.3 is 0 Å². The Morgan fingerprint density at radius 2 is 2.08 bits per heavy atom. The van der Waals surface area contributed by atoms with Gasteiger partial charge in [0.15, 0.2) is 5.69 Å². The fourth-order valence-corrected chi connectivity index (χ4v) is 2.66. The number of carbonyl (C=O) groups excluding carboxylic acids is 2. The lowest BCUT2D eigenvalue weighted by molar-refractivity contribution is -0.121. The predicted molar refractivity (Wildman–Crippen MR) is 94.0 cm³/mol. The van der Waals surface area contributed by atoms with Crippen molar-refractivity contribution in [2.24, 2.45) is 11.7 Å². The molecule has 3 rings (SSSR count). The summed E-state index contributed by atoms with van der Waals surface area (Å²) in [4.78, 5) is 24.0. The first-order chi connectivity index (χ1) is 11.2. The van der Waals surface area contributed by atoms with Gasteiger partial charge in [0.2, 0.25) is 5.91 Å². The second-order valence-corrected chi connectivity index (χ2v) is 5.87. The van der Waals surface area contributed by atoms with Crippen LogP contribution >= 0.6 is 12.4 Å². The van der Waals surface area contributed by atoms with E-state index in [1.807, 2.05) is 24.3 Å². The second kappa shape index (κ2) is 8.12. The molecule has 24 heavy (non-hydrogen) atoms. The number of hydrogen-bond donors (Lipinski definition) is 4. The van der Waals surface area contributed by atoms with Gasteiger partial charge in [-0.1, -0.05) is 18.2 Å². The van der Waals surface area contributed by atoms with Gasteiger partial charge in [-0.3, -0.25) is 14.7 Å². The molecule has 1 aromatic carbocycles. The minimum absolute atomic E-state index is 0. The molecule has 1 aromatic heterocycles. The van der Waals surface area contributed by atoms with Crippen molar-refractivity contribution in [3.63, 3.8) is 0 Å². The molecule has 5 N–H and O–H groups in total. The maximum absolute atomic E-state index is 12.2. The van der Waals surface area contributed by atoms with E-state index in [2.05, 4.69) is 20.8 Å². The number of aromatic nitrogens is 2. The number of para-hydroxylation sites is 1. The van der Waals surface area contributed by atoms with Gasteiger partial charge in [0, 0.05) is 30.9 Å². The van der Waals surface area contributed by atoms with Crippen LogP contribution in [0.1, 0.15) is 29.8 Å². The van der Waals surface area contributed by atoms with Gasteiger partial charge < -0.3 is 16.4 Å². The Hall–Kier alpha value is -2.12. The number of rotatable bonds is 7. The molecule has 1 fully saturated rings. The van der Waals surface area contributed by atoms with Crippen LogP contribution in [0.25, 0.3) is 10.9 Å². The number of nitrogens with two attached hydrogens (primary N) is 1. The zero-order valence-electron chi connectivity index (χ0n) is 13.2. The molecule has 1 aliphatic rings. The average Bonchev–Trinajstić information content (AvgIpc) is 3.31. The lowest BCUT2D eigenvalue weighted by atomic mass is 10.2. The van der Waals surface area contributed by atoms with Gasteiger partial charge in [0.05, 0.1) is 5.52 Å².